The number of hydrogen-bond donors (Lipinski definition) is 1. The van der Waals surface area contributed by atoms with Crippen LogP contribution in [0.25, 0.3) is 0 Å². The minimum atomic E-state index is -0.831. The first-order valence-corrected chi connectivity index (χ1v) is 10.4. The molecule has 0 aliphatic carbocycles. The second kappa shape index (κ2) is 9.05. The molecule has 1 amide bonds. The Hall–Kier alpha value is -1.92. The summed E-state index contributed by atoms with van der Waals surface area (Å²) in [4.78, 5) is 14.8. The van der Waals surface area contributed by atoms with E-state index in [-0.39, 0.29) is 24.6 Å². The van der Waals surface area contributed by atoms with Crippen LogP contribution in [0.3, 0.4) is 0 Å². The average Bonchev–Trinajstić information content (AvgIpc) is 2.70. The van der Waals surface area contributed by atoms with Gasteiger partial charge in [-0.1, -0.05) is 47.1 Å². The molecule has 0 bridgehead atoms. The lowest BCUT2D eigenvalue weighted by molar-refractivity contribution is -0.0697. The lowest BCUT2D eigenvalue weighted by atomic mass is 9.84. The predicted octanol–water partition coefficient (Wildman–Crippen LogP) is 5.55. The van der Waals surface area contributed by atoms with Crippen molar-refractivity contribution in [1.82, 2.24) is 4.90 Å². The average molecular weight is 450 g/mol. The molecule has 1 fully saturated rings. The van der Waals surface area contributed by atoms with Crippen molar-refractivity contribution in [1.29, 1.82) is 0 Å². The summed E-state index contributed by atoms with van der Waals surface area (Å²) in [5, 5.41) is 9.30. The van der Waals surface area contributed by atoms with E-state index in [4.69, 9.17) is 4.74 Å². The number of carbonyl (C=O) groups is 1. The first-order chi connectivity index (χ1) is 13.5. The van der Waals surface area contributed by atoms with Gasteiger partial charge in [0.05, 0.1) is 6.04 Å². The van der Waals surface area contributed by atoms with Gasteiger partial charge in [0, 0.05) is 24.0 Å². The number of carbonyl (C=O) groups excluding carboxylic acids is 1. The highest BCUT2D eigenvalue weighted by Gasteiger charge is 2.43. The van der Waals surface area contributed by atoms with Crippen molar-refractivity contribution in [3.63, 3.8) is 0 Å². The van der Waals surface area contributed by atoms with E-state index in [0.29, 0.717) is 25.8 Å². The fourth-order valence-electron chi connectivity index (χ4n) is 3.92. The number of amides is 1. The topological polar surface area (TPSA) is 49.8 Å². The van der Waals surface area contributed by atoms with Crippen LogP contribution in [0.1, 0.15) is 49.8 Å². The Bertz CT molecular complexity index is 796. The Kier molecular flexibility index (Phi) is 6.73. The molecule has 2 aromatic rings. The molecule has 28 heavy (non-hydrogen) atoms. The van der Waals surface area contributed by atoms with Crippen molar-refractivity contribution >= 4 is 22.0 Å². The highest BCUT2D eigenvalue weighted by molar-refractivity contribution is 9.10. The minimum absolute atomic E-state index is 0.0146. The SMILES string of the molecule is CCC(c1ccc(Br)cc1)N1CCC(CCCO)(c2ccc(F)cc2)OC1=O. The molecule has 0 spiro atoms. The number of halogens is 2. The van der Waals surface area contributed by atoms with Crippen molar-refractivity contribution in [2.24, 2.45) is 0 Å². The first-order valence-electron chi connectivity index (χ1n) is 9.61. The lowest BCUT2D eigenvalue weighted by Crippen LogP contribution is -2.49. The molecule has 2 aromatic carbocycles. The second-order valence-electron chi connectivity index (χ2n) is 7.12. The van der Waals surface area contributed by atoms with Gasteiger partial charge in [0.2, 0.25) is 0 Å². The molecule has 1 N–H and O–H groups in total. The number of ether oxygens (including phenoxy) is 1. The summed E-state index contributed by atoms with van der Waals surface area (Å²) in [7, 11) is 0. The summed E-state index contributed by atoms with van der Waals surface area (Å²) in [5.41, 5.74) is 1.00. The molecule has 6 heteroatoms. The van der Waals surface area contributed by atoms with Gasteiger partial charge in [-0.05, 0) is 54.7 Å². The number of aliphatic hydroxyl groups is 1. The molecule has 3 rings (SSSR count). The predicted molar refractivity (Wildman–Crippen MR) is 109 cm³/mol. The summed E-state index contributed by atoms with van der Waals surface area (Å²) in [5.74, 6) is -0.328. The van der Waals surface area contributed by atoms with Crippen LogP contribution in [0.2, 0.25) is 0 Å². The molecule has 4 nitrogen and oxygen atoms in total. The number of nitrogens with zero attached hydrogens (tertiary/aromatic N) is 1. The van der Waals surface area contributed by atoms with Crippen molar-refractivity contribution in [2.75, 3.05) is 13.2 Å². The van der Waals surface area contributed by atoms with Crippen molar-refractivity contribution in [2.45, 2.75) is 44.2 Å². The molecule has 1 aliphatic rings. The molecular formula is C22H25BrFNO3. The van der Waals surface area contributed by atoms with Crippen LogP contribution < -0.4 is 0 Å². The molecule has 2 atom stereocenters. The minimum Gasteiger partial charge on any atom is -0.438 e. The highest BCUT2D eigenvalue weighted by Crippen LogP contribution is 2.41. The van der Waals surface area contributed by atoms with Gasteiger partial charge in [0.25, 0.3) is 0 Å². The lowest BCUT2D eigenvalue weighted by Gasteiger charge is -2.44. The molecular weight excluding hydrogens is 425 g/mol. The number of rotatable bonds is 7. The number of aliphatic hydroxyl groups excluding tert-OH is 1. The Balaban J connectivity index is 1.85. The van der Waals surface area contributed by atoms with Crippen molar-refractivity contribution < 1.29 is 19.0 Å². The van der Waals surface area contributed by atoms with E-state index in [9.17, 15) is 14.3 Å². The summed E-state index contributed by atoms with van der Waals surface area (Å²) >= 11 is 3.44. The third-order valence-corrected chi connectivity index (χ3v) is 5.93. The Labute approximate surface area is 173 Å². The van der Waals surface area contributed by atoms with Crippen LogP contribution in [-0.4, -0.2) is 29.3 Å². The van der Waals surface area contributed by atoms with Crippen molar-refractivity contribution in [3.8, 4) is 0 Å². The summed E-state index contributed by atoms with van der Waals surface area (Å²) in [6, 6.07) is 14.0. The normalized spacial score (nSPS) is 20.7. The number of benzene rings is 2. The number of cyclic esters (lactones) is 1. The third-order valence-electron chi connectivity index (χ3n) is 5.40. The van der Waals surface area contributed by atoms with Crippen LogP contribution in [0.5, 0.6) is 0 Å². The van der Waals surface area contributed by atoms with Crippen LogP contribution in [0.15, 0.2) is 53.0 Å². The van der Waals surface area contributed by atoms with Gasteiger partial charge in [-0.3, -0.25) is 0 Å². The quantitative estimate of drug-likeness (QED) is 0.602. The van der Waals surface area contributed by atoms with E-state index in [1.54, 1.807) is 17.0 Å². The van der Waals surface area contributed by atoms with E-state index in [2.05, 4.69) is 15.9 Å². The molecule has 0 saturated carbocycles. The Morgan fingerprint density at radius 2 is 1.89 bits per heavy atom. The van der Waals surface area contributed by atoms with Gasteiger partial charge < -0.3 is 14.7 Å². The standard InChI is InChI=1S/C22H25BrFNO3/c1-2-20(16-4-8-18(23)9-5-16)25-14-13-22(12-3-15-26,28-21(25)27)17-6-10-19(24)11-7-17/h4-11,20,26H,2-3,12-15H2,1H3. The van der Waals surface area contributed by atoms with Gasteiger partial charge in [0.15, 0.2) is 0 Å². The number of hydrogen-bond acceptors (Lipinski definition) is 3. The molecule has 1 heterocycles. The van der Waals surface area contributed by atoms with Gasteiger partial charge in [-0.25, -0.2) is 9.18 Å². The van der Waals surface area contributed by atoms with Gasteiger partial charge in [-0.2, -0.15) is 0 Å². The van der Waals surface area contributed by atoms with E-state index >= 15 is 0 Å². The maximum atomic E-state index is 13.4. The van der Waals surface area contributed by atoms with E-state index in [1.165, 1.54) is 12.1 Å². The summed E-state index contributed by atoms with van der Waals surface area (Å²) in [6.45, 7) is 2.60. The summed E-state index contributed by atoms with van der Waals surface area (Å²) < 4.78 is 20.4. The summed E-state index contributed by atoms with van der Waals surface area (Å²) in [6.07, 6.45) is 2.01. The zero-order valence-electron chi connectivity index (χ0n) is 15.9. The zero-order valence-corrected chi connectivity index (χ0v) is 17.5. The van der Waals surface area contributed by atoms with E-state index in [0.717, 1.165) is 22.0 Å². The van der Waals surface area contributed by atoms with Gasteiger partial charge in [0.1, 0.15) is 11.4 Å². The maximum Gasteiger partial charge on any atom is 0.411 e. The van der Waals surface area contributed by atoms with Crippen LogP contribution in [0, 0.1) is 5.82 Å². The Morgan fingerprint density at radius 1 is 1.21 bits per heavy atom. The van der Waals surface area contributed by atoms with Crippen LogP contribution in [-0.2, 0) is 10.3 Å². The third kappa shape index (κ3) is 4.39. The van der Waals surface area contributed by atoms with Gasteiger partial charge in [-0.15, -0.1) is 0 Å². The zero-order chi connectivity index (χ0) is 20.1. The fourth-order valence-corrected chi connectivity index (χ4v) is 4.18. The van der Waals surface area contributed by atoms with Gasteiger partial charge >= 0.3 is 6.09 Å². The smallest absolute Gasteiger partial charge is 0.411 e. The fraction of sp³-hybridized carbons (Fsp3) is 0.409. The molecule has 0 aromatic heterocycles. The van der Waals surface area contributed by atoms with Crippen LogP contribution in [0.4, 0.5) is 9.18 Å². The molecule has 2 unspecified atom stereocenters. The first kappa shape index (κ1) is 20.8. The second-order valence-corrected chi connectivity index (χ2v) is 8.03. The van der Waals surface area contributed by atoms with E-state index < -0.39 is 5.60 Å². The highest BCUT2D eigenvalue weighted by atomic mass is 79.9. The monoisotopic (exact) mass is 449 g/mol. The molecule has 0 radical (unpaired) electrons. The van der Waals surface area contributed by atoms with E-state index in [1.807, 2.05) is 31.2 Å². The van der Waals surface area contributed by atoms with Crippen molar-refractivity contribution in [3.05, 3.63) is 69.9 Å². The molecule has 150 valence electrons. The maximum absolute atomic E-state index is 13.4. The molecule has 1 aliphatic heterocycles. The Morgan fingerprint density at radius 3 is 2.46 bits per heavy atom. The van der Waals surface area contributed by atoms with Crippen LogP contribution >= 0.6 is 15.9 Å². The largest absolute Gasteiger partial charge is 0.438 e. The molecule has 1 saturated heterocycles.